The number of unbranched alkanes of at least 4 members (excludes halogenated alkanes) is 1. The first-order valence-corrected chi connectivity index (χ1v) is 8.35. The van der Waals surface area contributed by atoms with Gasteiger partial charge >= 0.3 is 12.0 Å². The first-order chi connectivity index (χ1) is 10.5. The number of hydrogen-bond donors (Lipinski definition) is 1. The molecular formula is C16H31N3O3. The van der Waals surface area contributed by atoms with E-state index < -0.39 is 0 Å². The molecule has 0 atom stereocenters. The van der Waals surface area contributed by atoms with E-state index in [0.29, 0.717) is 13.0 Å². The van der Waals surface area contributed by atoms with E-state index in [9.17, 15) is 9.59 Å². The lowest BCUT2D eigenvalue weighted by Gasteiger charge is -2.35. The van der Waals surface area contributed by atoms with Crippen LogP contribution in [0.3, 0.4) is 0 Å². The van der Waals surface area contributed by atoms with Crippen LogP contribution in [-0.4, -0.2) is 68.2 Å². The van der Waals surface area contributed by atoms with Gasteiger partial charge < -0.3 is 15.0 Å². The molecule has 1 aliphatic rings. The van der Waals surface area contributed by atoms with E-state index in [-0.39, 0.29) is 12.0 Å². The molecule has 22 heavy (non-hydrogen) atoms. The molecule has 1 saturated heterocycles. The summed E-state index contributed by atoms with van der Waals surface area (Å²) in [5.74, 6) is 0.537. The molecule has 0 unspecified atom stereocenters. The minimum absolute atomic E-state index is 0.0153. The largest absolute Gasteiger partial charge is 0.469 e. The van der Waals surface area contributed by atoms with Gasteiger partial charge in [0.1, 0.15) is 0 Å². The maximum atomic E-state index is 12.0. The van der Waals surface area contributed by atoms with Crippen molar-refractivity contribution >= 4 is 12.0 Å². The van der Waals surface area contributed by atoms with Crippen LogP contribution in [0.25, 0.3) is 0 Å². The van der Waals surface area contributed by atoms with Gasteiger partial charge in [-0.15, -0.1) is 0 Å². The molecule has 1 fully saturated rings. The fraction of sp³-hybridized carbons (Fsp3) is 0.875. The molecule has 6 nitrogen and oxygen atoms in total. The second-order valence-corrected chi connectivity index (χ2v) is 6.28. The number of carbonyl (C=O) groups is 2. The molecular weight excluding hydrogens is 282 g/mol. The molecule has 0 aliphatic carbocycles. The molecule has 0 aromatic heterocycles. The number of carbonyl (C=O) groups excluding carboxylic acids is 2. The van der Waals surface area contributed by atoms with Crippen LogP contribution in [0.1, 0.15) is 39.5 Å². The van der Waals surface area contributed by atoms with Gasteiger partial charge in [0.15, 0.2) is 0 Å². The summed E-state index contributed by atoms with van der Waals surface area (Å²) >= 11 is 0. The van der Waals surface area contributed by atoms with Gasteiger partial charge in [-0.25, -0.2) is 4.79 Å². The average Bonchev–Trinajstić information content (AvgIpc) is 2.52. The zero-order valence-corrected chi connectivity index (χ0v) is 14.3. The quantitative estimate of drug-likeness (QED) is 0.547. The van der Waals surface area contributed by atoms with E-state index in [0.717, 1.165) is 51.5 Å². The number of nitrogens with one attached hydrogen (secondary N) is 1. The summed E-state index contributed by atoms with van der Waals surface area (Å²) in [5, 5.41) is 2.93. The third-order valence-electron chi connectivity index (χ3n) is 3.99. The summed E-state index contributed by atoms with van der Waals surface area (Å²) in [5.41, 5.74) is 0. The second-order valence-electron chi connectivity index (χ2n) is 6.28. The van der Waals surface area contributed by atoms with Gasteiger partial charge in [0, 0.05) is 39.1 Å². The molecule has 2 amide bonds. The van der Waals surface area contributed by atoms with Gasteiger partial charge in [0.05, 0.1) is 7.11 Å². The van der Waals surface area contributed by atoms with Crippen LogP contribution < -0.4 is 5.32 Å². The maximum Gasteiger partial charge on any atom is 0.317 e. The maximum absolute atomic E-state index is 12.0. The Morgan fingerprint density at radius 2 is 1.82 bits per heavy atom. The standard InChI is InChI=1S/C16H31N3O3/c1-14(2)7-9-18-10-12-19(13-11-18)16(21)17-8-5-4-6-15(20)22-3/h14H,4-13H2,1-3H3,(H,17,21). The summed E-state index contributed by atoms with van der Waals surface area (Å²) in [7, 11) is 1.39. The van der Waals surface area contributed by atoms with Crippen LogP contribution in [0.4, 0.5) is 4.79 Å². The van der Waals surface area contributed by atoms with Crippen molar-refractivity contribution < 1.29 is 14.3 Å². The number of ether oxygens (including phenoxy) is 1. The highest BCUT2D eigenvalue weighted by Gasteiger charge is 2.20. The molecule has 0 saturated carbocycles. The van der Waals surface area contributed by atoms with E-state index in [1.54, 1.807) is 0 Å². The fourth-order valence-electron chi connectivity index (χ4n) is 2.42. The normalized spacial score (nSPS) is 15.9. The zero-order chi connectivity index (χ0) is 16.4. The molecule has 0 aromatic carbocycles. The molecule has 1 N–H and O–H groups in total. The van der Waals surface area contributed by atoms with Crippen LogP contribution in [0.15, 0.2) is 0 Å². The number of urea groups is 1. The molecule has 6 heteroatoms. The zero-order valence-electron chi connectivity index (χ0n) is 14.3. The Hall–Kier alpha value is -1.30. The van der Waals surface area contributed by atoms with Crippen molar-refractivity contribution in [3.05, 3.63) is 0 Å². The molecule has 128 valence electrons. The minimum atomic E-state index is -0.191. The van der Waals surface area contributed by atoms with E-state index >= 15 is 0 Å². The van der Waals surface area contributed by atoms with E-state index in [1.165, 1.54) is 13.5 Å². The molecule has 1 rings (SSSR count). The van der Waals surface area contributed by atoms with Gasteiger partial charge in [-0.05, 0) is 31.7 Å². The molecule has 0 spiro atoms. The highest BCUT2D eigenvalue weighted by molar-refractivity contribution is 5.74. The monoisotopic (exact) mass is 313 g/mol. The van der Waals surface area contributed by atoms with Crippen molar-refractivity contribution in [1.29, 1.82) is 0 Å². The number of amides is 2. The topological polar surface area (TPSA) is 61.9 Å². The third-order valence-corrected chi connectivity index (χ3v) is 3.99. The van der Waals surface area contributed by atoms with Gasteiger partial charge in [0.25, 0.3) is 0 Å². The van der Waals surface area contributed by atoms with E-state index in [4.69, 9.17) is 0 Å². The summed E-state index contributed by atoms with van der Waals surface area (Å²) in [4.78, 5) is 27.3. The predicted molar refractivity (Wildman–Crippen MR) is 86.7 cm³/mol. The Morgan fingerprint density at radius 1 is 1.14 bits per heavy atom. The highest BCUT2D eigenvalue weighted by atomic mass is 16.5. The number of methoxy groups -OCH3 is 1. The van der Waals surface area contributed by atoms with Crippen LogP contribution in [0.2, 0.25) is 0 Å². The Balaban J connectivity index is 2.08. The van der Waals surface area contributed by atoms with Crippen LogP contribution in [0.5, 0.6) is 0 Å². The number of rotatable bonds is 8. The molecule has 0 aromatic rings. The Morgan fingerprint density at radius 3 is 2.41 bits per heavy atom. The summed E-state index contributed by atoms with van der Waals surface area (Å²) in [6.45, 7) is 9.74. The van der Waals surface area contributed by atoms with E-state index in [2.05, 4.69) is 28.8 Å². The van der Waals surface area contributed by atoms with Crippen LogP contribution in [0, 0.1) is 5.92 Å². The van der Waals surface area contributed by atoms with Gasteiger partial charge in [-0.3, -0.25) is 9.69 Å². The number of hydrogen-bond acceptors (Lipinski definition) is 4. The summed E-state index contributed by atoms with van der Waals surface area (Å²) in [6.07, 6.45) is 3.18. The fourth-order valence-corrected chi connectivity index (χ4v) is 2.42. The first-order valence-electron chi connectivity index (χ1n) is 8.35. The lowest BCUT2D eigenvalue weighted by Crippen LogP contribution is -2.52. The van der Waals surface area contributed by atoms with Crippen molar-refractivity contribution in [2.24, 2.45) is 5.92 Å². The van der Waals surface area contributed by atoms with Crippen molar-refractivity contribution in [3.63, 3.8) is 0 Å². The van der Waals surface area contributed by atoms with Crippen molar-refractivity contribution in [3.8, 4) is 0 Å². The molecule has 1 heterocycles. The van der Waals surface area contributed by atoms with Gasteiger partial charge in [0.2, 0.25) is 0 Å². The van der Waals surface area contributed by atoms with E-state index in [1.807, 2.05) is 4.90 Å². The second kappa shape index (κ2) is 10.4. The third kappa shape index (κ3) is 7.64. The lowest BCUT2D eigenvalue weighted by molar-refractivity contribution is -0.140. The Bertz CT molecular complexity index is 340. The summed E-state index contributed by atoms with van der Waals surface area (Å²) in [6, 6.07) is 0.0153. The first kappa shape index (κ1) is 18.7. The van der Waals surface area contributed by atoms with Crippen LogP contribution >= 0.6 is 0 Å². The Kier molecular flexibility index (Phi) is 8.89. The number of piperazine rings is 1. The smallest absolute Gasteiger partial charge is 0.317 e. The van der Waals surface area contributed by atoms with Crippen molar-refractivity contribution in [1.82, 2.24) is 15.1 Å². The minimum Gasteiger partial charge on any atom is -0.469 e. The number of nitrogens with zero attached hydrogens (tertiary/aromatic N) is 2. The molecule has 0 radical (unpaired) electrons. The molecule has 1 aliphatic heterocycles. The number of esters is 1. The van der Waals surface area contributed by atoms with Crippen LogP contribution in [-0.2, 0) is 9.53 Å². The SMILES string of the molecule is COC(=O)CCCCNC(=O)N1CCN(CCC(C)C)CC1. The molecule has 0 bridgehead atoms. The highest BCUT2D eigenvalue weighted by Crippen LogP contribution is 2.06. The summed E-state index contributed by atoms with van der Waals surface area (Å²) < 4.78 is 4.58. The van der Waals surface area contributed by atoms with Crippen molar-refractivity contribution in [2.75, 3.05) is 46.4 Å². The van der Waals surface area contributed by atoms with Crippen molar-refractivity contribution in [2.45, 2.75) is 39.5 Å². The van der Waals surface area contributed by atoms with Gasteiger partial charge in [-0.2, -0.15) is 0 Å². The average molecular weight is 313 g/mol. The predicted octanol–water partition coefficient (Wildman–Crippen LogP) is 1.70. The van der Waals surface area contributed by atoms with Gasteiger partial charge in [-0.1, -0.05) is 13.8 Å². The lowest BCUT2D eigenvalue weighted by atomic mass is 10.1. The Labute approximate surface area is 134 Å².